The third-order valence-electron chi connectivity index (χ3n) is 6.07. The molecule has 1 amide bonds. The van der Waals surface area contributed by atoms with E-state index in [4.69, 9.17) is 4.74 Å². The van der Waals surface area contributed by atoms with E-state index in [1.165, 1.54) is 12.2 Å². The van der Waals surface area contributed by atoms with E-state index in [0.717, 1.165) is 6.42 Å². The van der Waals surface area contributed by atoms with Gasteiger partial charge in [0.15, 0.2) is 0 Å². The molecule has 0 aromatic rings. The van der Waals surface area contributed by atoms with Gasteiger partial charge in [0.25, 0.3) is 0 Å². The summed E-state index contributed by atoms with van der Waals surface area (Å²) in [5.74, 6) is 0.308. The first-order valence-electron chi connectivity index (χ1n) is 11.0. The molecule has 0 aromatic heterocycles. The fraction of sp³-hybridized carbons (Fsp3) is 0.783. The molecule has 1 aliphatic heterocycles. The maximum absolute atomic E-state index is 14.1. The number of carbonyl (C=O) groups is 1. The average molecular weight is 431 g/mol. The molecule has 0 saturated carbocycles. The molecule has 2 atom stereocenters. The average Bonchev–Trinajstić information content (AvgIpc) is 2.66. The van der Waals surface area contributed by atoms with E-state index in [9.17, 15) is 18.0 Å². The summed E-state index contributed by atoms with van der Waals surface area (Å²) in [4.78, 5) is 16.0. The maximum atomic E-state index is 14.1. The van der Waals surface area contributed by atoms with Crippen molar-refractivity contribution in [3.63, 3.8) is 0 Å². The van der Waals surface area contributed by atoms with E-state index in [-0.39, 0.29) is 25.1 Å². The molecular formula is C23H37F3N2O2. The van der Waals surface area contributed by atoms with E-state index in [0.29, 0.717) is 38.4 Å². The summed E-state index contributed by atoms with van der Waals surface area (Å²) in [6.45, 7) is 11.2. The molecule has 172 valence electrons. The van der Waals surface area contributed by atoms with Gasteiger partial charge < -0.3 is 9.64 Å². The lowest BCUT2D eigenvalue weighted by atomic mass is 9.79. The summed E-state index contributed by atoms with van der Waals surface area (Å²) in [6.07, 6.45) is 3.69. The second-order valence-corrected chi connectivity index (χ2v) is 9.79. The van der Waals surface area contributed by atoms with Gasteiger partial charge in [-0.15, -0.1) is 0 Å². The first kappa shape index (κ1) is 24.8. The van der Waals surface area contributed by atoms with E-state index in [1.54, 1.807) is 17.1 Å². The van der Waals surface area contributed by atoms with Gasteiger partial charge in [0.1, 0.15) is 11.0 Å². The quantitative estimate of drug-likeness (QED) is 0.534. The molecule has 0 radical (unpaired) electrons. The van der Waals surface area contributed by atoms with Crippen LogP contribution in [0, 0.1) is 11.3 Å². The Labute approximate surface area is 179 Å². The molecule has 1 fully saturated rings. The topological polar surface area (TPSA) is 32.8 Å². The van der Waals surface area contributed by atoms with Crippen molar-refractivity contribution in [1.29, 1.82) is 0 Å². The van der Waals surface area contributed by atoms with E-state index in [1.807, 2.05) is 25.7 Å². The highest BCUT2D eigenvalue weighted by Crippen LogP contribution is 2.45. The number of amides is 1. The second-order valence-electron chi connectivity index (χ2n) is 9.79. The van der Waals surface area contributed by atoms with Gasteiger partial charge in [0.05, 0.1) is 0 Å². The third-order valence-corrected chi connectivity index (χ3v) is 6.07. The predicted octanol–water partition coefficient (Wildman–Crippen LogP) is 5.80. The van der Waals surface area contributed by atoms with Gasteiger partial charge in [0.2, 0.25) is 0 Å². The molecule has 2 unspecified atom stereocenters. The van der Waals surface area contributed by atoms with Gasteiger partial charge in [-0.1, -0.05) is 44.6 Å². The van der Waals surface area contributed by atoms with E-state index >= 15 is 0 Å². The molecule has 30 heavy (non-hydrogen) atoms. The lowest BCUT2D eigenvalue weighted by Crippen LogP contribution is -2.54. The molecule has 0 bridgehead atoms. The van der Waals surface area contributed by atoms with Crippen molar-refractivity contribution in [1.82, 2.24) is 9.80 Å². The number of piperidine rings is 1. The molecule has 1 aliphatic carbocycles. The summed E-state index contributed by atoms with van der Waals surface area (Å²) in [5, 5.41) is 0. The van der Waals surface area contributed by atoms with Crippen molar-refractivity contribution in [3.8, 4) is 0 Å². The van der Waals surface area contributed by atoms with Gasteiger partial charge in [-0.3, -0.25) is 4.90 Å². The number of carbonyl (C=O) groups excluding carboxylic acids is 1. The smallest absolute Gasteiger partial charge is 0.410 e. The molecule has 4 nitrogen and oxygen atoms in total. The molecule has 2 rings (SSSR count). The molecule has 1 heterocycles. The van der Waals surface area contributed by atoms with Crippen LogP contribution in [-0.4, -0.2) is 59.9 Å². The van der Waals surface area contributed by atoms with Crippen LogP contribution in [0.5, 0.6) is 0 Å². The number of rotatable bonds is 6. The minimum atomic E-state index is -4.31. The van der Waals surface area contributed by atoms with Crippen molar-refractivity contribution >= 4 is 6.09 Å². The fourth-order valence-electron chi connectivity index (χ4n) is 4.06. The minimum Gasteiger partial charge on any atom is -0.444 e. The predicted molar refractivity (Wildman–Crippen MR) is 113 cm³/mol. The Morgan fingerprint density at radius 3 is 2.33 bits per heavy atom. The largest absolute Gasteiger partial charge is 0.444 e. The minimum absolute atomic E-state index is 0.0243. The van der Waals surface area contributed by atoms with Crippen LogP contribution in [0.25, 0.3) is 0 Å². The van der Waals surface area contributed by atoms with Crippen LogP contribution >= 0.6 is 0 Å². The highest BCUT2D eigenvalue weighted by Gasteiger charge is 2.53. The summed E-state index contributed by atoms with van der Waals surface area (Å²) in [6, 6.07) is 0.0243. The van der Waals surface area contributed by atoms with Crippen molar-refractivity contribution in [2.75, 3.05) is 26.2 Å². The Hall–Kier alpha value is -1.50. The van der Waals surface area contributed by atoms with Crippen molar-refractivity contribution in [3.05, 3.63) is 24.3 Å². The van der Waals surface area contributed by atoms with E-state index < -0.39 is 17.2 Å². The number of halogens is 3. The van der Waals surface area contributed by atoms with Gasteiger partial charge in [-0.2, -0.15) is 13.2 Å². The number of allylic oxidation sites excluding steroid dienone is 3. The van der Waals surface area contributed by atoms with Crippen LogP contribution in [0.1, 0.15) is 60.3 Å². The van der Waals surface area contributed by atoms with Gasteiger partial charge >= 0.3 is 12.3 Å². The van der Waals surface area contributed by atoms with Crippen molar-refractivity contribution in [2.45, 2.75) is 78.1 Å². The van der Waals surface area contributed by atoms with Crippen molar-refractivity contribution in [2.24, 2.45) is 11.3 Å². The van der Waals surface area contributed by atoms with Crippen LogP contribution < -0.4 is 0 Å². The zero-order valence-corrected chi connectivity index (χ0v) is 19.0. The van der Waals surface area contributed by atoms with Crippen molar-refractivity contribution < 1.29 is 22.7 Å². The van der Waals surface area contributed by atoms with E-state index in [2.05, 4.69) is 13.8 Å². The standard InChI is InChI=1S/C23H37F3N2O2/c1-6-18(2)16-28(17-22(23(24,25)26)12-8-7-9-13-22)19-10-14-27(15-11-19)20(29)30-21(3,4)5/h7-9,12,18-19H,6,10-11,13-17H2,1-5H3. The van der Waals surface area contributed by atoms with Gasteiger partial charge in [-0.25, -0.2) is 4.79 Å². The Bertz CT molecular complexity index is 631. The van der Waals surface area contributed by atoms with Crippen LogP contribution in [-0.2, 0) is 4.74 Å². The Morgan fingerprint density at radius 1 is 1.23 bits per heavy atom. The third kappa shape index (κ3) is 6.50. The number of likely N-dealkylation sites (tertiary alicyclic amines) is 1. The number of hydrogen-bond donors (Lipinski definition) is 0. The second kappa shape index (κ2) is 9.75. The first-order valence-corrected chi connectivity index (χ1v) is 11.0. The molecular weight excluding hydrogens is 393 g/mol. The summed E-state index contributed by atoms with van der Waals surface area (Å²) < 4.78 is 47.7. The van der Waals surface area contributed by atoms with Gasteiger partial charge in [0, 0.05) is 32.2 Å². The highest BCUT2D eigenvalue weighted by molar-refractivity contribution is 5.68. The van der Waals surface area contributed by atoms with Gasteiger partial charge in [-0.05, 0) is 46.0 Å². The zero-order valence-electron chi connectivity index (χ0n) is 19.0. The number of nitrogens with zero attached hydrogens (tertiary/aromatic N) is 2. The Balaban J connectivity index is 2.11. The lowest BCUT2D eigenvalue weighted by molar-refractivity contribution is -0.213. The summed E-state index contributed by atoms with van der Waals surface area (Å²) in [5.41, 5.74) is -2.41. The summed E-state index contributed by atoms with van der Waals surface area (Å²) in [7, 11) is 0. The first-order chi connectivity index (χ1) is 13.9. The van der Waals surface area contributed by atoms with Crippen LogP contribution in [0.2, 0.25) is 0 Å². The number of hydrogen-bond acceptors (Lipinski definition) is 3. The highest BCUT2D eigenvalue weighted by atomic mass is 19.4. The summed E-state index contributed by atoms with van der Waals surface area (Å²) >= 11 is 0. The molecule has 2 aliphatic rings. The van der Waals surface area contributed by atoms with Crippen LogP contribution in [0.15, 0.2) is 24.3 Å². The lowest BCUT2D eigenvalue weighted by Gasteiger charge is -2.44. The van der Waals surface area contributed by atoms with Crippen LogP contribution in [0.3, 0.4) is 0 Å². The Kier molecular flexibility index (Phi) is 8.05. The fourth-order valence-corrected chi connectivity index (χ4v) is 4.06. The number of alkyl halides is 3. The normalized spacial score (nSPS) is 24.4. The maximum Gasteiger partial charge on any atom is 0.410 e. The molecule has 7 heteroatoms. The molecule has 0 aromatic carbocycles. The zero-order chi connectivity index (χ0) is 22.6. The Morgan fingerprint density at radius 2 is 1.87 bits per heavy atom. The molecule has 0 N–H and O–H groups in total. The van der Waals surface area contributed by atoms with Crippen LogP contribution in [0.4, 0.5) is 18.0 Å². The molecule has 0 spiro atoms. The monoisotopic (exact) mass is 430 g/mol. The SMILES string of the molecule is CCC(C)CN(CC1(C(F)(F)F)C=CC=CC1)C1CCN(C(=O)OC(C)(C)C)CC1. The molecule has 1 saturated heterocycles. The number of ether oxygens (including phenoxy) is 1.